The molecule has 0 aliphatic carbocycles. The van der Waals surface area contributed by atoms with Gasteiger partial charge in [0.05, 0.1) is 0 Å². The van der Waals surface area contributed by atoms with Gasteiger partial charge in [-0.25, -0.2) is 0 Å². The van der Waals surface area contributed by atoms with Gasteiger partial charge in [0, 0.05) is 12.6 Å². The predicted molar refractivity (Wildman–Crippen MR) is 63.1 cm³/mol. The second-order valence-electron chi connectivity index (χ2n) is 3.38. The van der Waals surface area contributed by atoms with Crippen LogP contribution in [0.2, 0.25) is 0 Å². The fourth-order valence-corrected chi connectivity index (χ4v) is 3.51. The first-order valence-electron chi connectivity index (χ1n) is 4.82. The Balaban J connectivity index is 4.39. The maximum atomic E-state index is 10.8. The quantitative estimate of drug-likeness (QED) is 0.478. The molecular formula is C8H16NO5PS. The van der Waals surface area contributed by atoms with Crippen LogP contribution >= 0.6 is 6.42 Å². The van der Waals surface area contributed by atoms with Crippen molar-refractivity contribution in [2.45, 2.75) is 32.2 Å². The zero-order chi connectivity index (χ0) is 12.8. The summed E-state index contributed by atoms with van der Waals surface area (Å²) >= 11 is 4.86. The molecule has 0 saturated heterocycles. The third kappa shape index (κ3) is 6.90. The van der Waals surface area contributed by atoms with E-state index in [0.29, 0.717) is 12.6 Å². The summed E-state index contributed by atoms with van der Waals surface area (Å²) in [6, 6.07) is -1.10. The molecule has 94 valence electrons. The van der Waals surface area contributed by atoms with Crippen LogP contribution < -0.4 is 5.09 Å². The highest BCUT2D eigenvalue weighted by molar-refractivity contribution is 8.10. The SMILES string of the molecule is CCCP(O)(=S)NC(CCC(=O)O)C(=O)O. The third-order valence-electron chi connectivity index (χ3n) is 1.83. The van der Waals surface area contributed by atoms with E-state index in [4.69, 9.17) is 22.0 Å². The van der Waals surface area contributed by atoms with Gasteiger partial charge < -0.3 is 15.1 Å². The average Bonchev–Trinajstić information content (AvgIpc) is 2.11. The zero-order valence-corrected chi connectivity index (χ0v) is 10.6. The maximum Gasteiger partial charge on any atom is 0.321 e. The van der Waals surface area contributed by atoms with E-state index in [0.717, 1.165) is 0 Å². The average molecular weight is 269 g/mol. The van der Waals surface area contributed by atoms with Gasteiger partial charge in [-0.1, -0.05) is 18.7 Å². The molecule has 8 heteroatoms. The van der Waals surface area contributed by atoms with Crippen molar-refractivity contribution in [3.8, 4) is 0 Å². The van der Waals surface area contributed by atoms with E-state index in [9.17, 15) is 14.5 Å². The van der Waals surface area contributed by atoms with Crippen molar-refractivity contribution in [2.75, 3.05) is 6.16 Å². The molecule has 2 atom stereocenters. The second kappa shape index (κ2) is 6.96. The first kappa shape index (κ1) is 15.5. The summed E-state index contributed by atoms with van der Waals surface area (Å²) in [5, 5.41) is 19.7. The topological polar surface area (TPSA) is 107 Å². The van der Waals surface area contributed by atoms with Crippen LogP contribution in [0.1, 0.15) is 26.2 Å². The number of hydrogen-bond acceptors (Lipinski definition) is 3. The number of hydrogen-bond donors (Lipinski definition) is 4. The van der Waals surface area contributed by atoms with E-state index in [1.807, 2.05) is 6.92 Å². The van der Waals surface area contributed by atoms with Crippen molar-refractivity contribution < 1.29 is 24.7 Å². The van der Waals surface area contributed by atoms with Crippen molar-refractivity contribution in [1.29, 1.82) is 0 Å². The van der Waals surface area contributed by atoms with Crippen molar-refractivity contribution >= 4 is 30.2 Å². The lowest BCUT2D eigenvalue weighted by Gasteiger charge is -2.21. The van der Waals surface area contributed by atoms with Crippen molar-refractivity contribution in [3.63, 3.8) is 0 Å². The standard InChI is InChI=1S/C8H16NO5PS/c1-2-5-15(14,16)9-6(8(12)13)3-4-7(10)11/h6H,2-5H2,1H3,(H,10,11)(H,12,13)(H2,9,14,16). The summed E-state index contributed by atoms with van der Waals surface area (Å²) in [5.41, 5.74) is 0. The molecule has 0 heterocycles. The summed E-state index contributed by atoms with van der Waals surface area (Å²) in [6.45, 7) is 1.83. The monoisotopic (exact) mass is 269 g/mol. The molecular weight excluding hydrogens is 253 g/mol. The summed E-state index contributed by atoms with van der Waals surface area (Å²) < 4.78 is 0. The lowest BCUT2D eigenvalue weighted by molar-refractivity contribution is -0.140. The van der Waals surface area contributed by atoms with Gasteiger partial charge in [-0.15, -0.1) is 0 Å². The van der Waals surface area contributed by atoms with Gasteiger partial charge in [0.1, 0.15) is 12.5 Å². The Labute approximate surface area is 98.8 Å². The Morgan fingerprint density at radius 2 is 2.00 bits per heavy atom. The van der Waals surface area contributed by atoms with E-state index >= 15 is 0 Å². The number of carboxylic acids is 2. The van der Waals surface area contributed by atoms with Crippen LogP contribution in [0.15, 0.2) is 0 Å². The van der Waals surface area contributed by atoms with Crippen molar-refractivity contribution in [2.24, 2.45) is 0 Å². The Morgan fingerprint density at radius 1 is 1.44 bits per heavy atom. The molecule has 0 fully saturated rings. The molecule has 0 radical (unpaired) electrons. The van der Waals surface area contributed by atoms with Gasteiger partial charge in [-0.2, -0.15) is 0 Å². The fraction of sp³-hybridized carbons (Fsp3) is 0.750. The number of carboxylic acid groups (broad SMARTS) is 2. The molecule has 4 N–H and O–H groups in total. The minimum atomic E-state index is -2.85. The van der Waals surface area contributed by atoms with E-state index < -0.39 is 24.4 Å². The largest absolute Gasteiger partial charge is 0.481 e. The van der Waals surface area contributed by atoms with Crippen LogP contribution in [-0.2, 0) is 21.4 Å². The maximum absolute atomic E-state index is 10.8. The Bertz CT molecular complexity index is 309. The fourth-order valence-electron chi connectivity index (χ4n) is 1.12. The van der Waals surface area contributed by atoms with E-state index in [1.54, 1.807) is 0 Å². The molecule has 0 bridgehead atoms. The van der Waals surface area contributed by atoms with Crippen LogP contribution in [0.4, 0.5) is 0 Å². The van der Waals surface area contributed by atoms with Crippen molar-refractivity contribution in [1.82, 2.24) is 5.09 Å². The van der Waals surface area contributed by atoms with Crippen LogP contribution in [0.3, 0.4) is 0 Å². The highest BCUT2D eigenvalue weighted by atomic mass is 32.4. The Kier molecular flexibility index (Phi) is 6.74. The molecule has 0 aromatic heterocycles. The molecule has 0 aliphatic rings. The highest BCUT2D eigenvalue weighted by Gasteiger charge is 2.24. The molecule has 0 saturated carbocycles. The van der Waals surface area contributed by atoms with Gasteiger partial charge in [0.2, 0.25) is 0 Å². The van der Waals surface area contributed by atoms with Gasteiger partial charge in [-0.05, 0) is 12.8 Å². The van der Waals surface area contributed by atoms with E-state index in [2.05, 4.69) is 5.09 Å². The number of nitrogens with one attached hydrogen (secondary N) is 1. The smallest absolute Gasteiger partial charge is 0.321 e. The highest BCUT2D eigenvalue weighted by Crippen LogP contribution is 2.37. The van der Waals surface area contributed by atoms with Crippen LogP contribution in [0, 0.1) is 0 Å². The summed E-state index contributed by atoms with van der Waals surface area (Å²) in [4.78, 5) is 30.8. The lowest BCUT2D eigenvalue weighted by atomic mass is 10.2. The normalized spacial score (nSPS) is 16.4. The number of rotatable bonds is 8. The van der Waals surface area contributed by atoms with E-state index in [-0.39, 0.29) is 12.8 Å². The molecule has 2 unspecified atom stereocenters. The summed E-state index contributed by atoms with van der Waals surface area (Å²) in [6.07, 6.45) is -2.24. The Morgan fingerprint density at radius 3 is 2.38 bits per heavy atom. The number of aliphatic carboxylic acids is 2. The third-order valence-corrected chi connectivity index (χ3v) is 4.46. The van der Waals surface area contributed by atoms with Gasteiger partial charge >= 0.3 is 11.9 Å². The van der Waals surface area contributed by atoms with Gasteiger partial charge in [0.15, 0.2) is 0 Å². The summed E-state index contributed by atoms with van der Waals surface area (Å²) in [7, 11) is 0. The van der Waals surface area contributed by atoms with Crippen molar-refractivity contribution in [3.05, 3.63) is 0 Å². The molecule has 0 rings (SSSR count). The zero-order valence-electron chi connectivity index (χ0n) is 8.92. The molecule has 0 aromatic rings. The van der Waals surface area contributed by atoms with Gasteiger partial charge in [0.25, 0.3) is 0 Å². The minimum absolute atomic E-state index is 0.0899. The van der Waals surface area contributed by atoms with Crippen LogP contribution in [0.25, 0.3) is 0 Å². The first-order valence-corrected chi connectivity index (χ1v) is 7.76. The summed E-state index contributed by atoms with van der Waals surface area (Å²) in [5.74, 6) is -2.27. The molecule has 16 heavy (non-hydrogen) atoms. The van der Waals surface area contributed by atoms with Crippen LogP contribution in [-0.4, -0.2) is 39.2 Å². The second-order valence-corrected chi connectivity index (χ2v) is 7.30. The first-order chi connectivity index (χ1) is 7.28. The Hall–Kier alpha value is -0.490. The number of carbonyl (C=O) groups is 2. The lowest BCUT2D eigenvalue weighted by Crippen LogP contribution is -2.35. The molecule has 0 amide bonds. The van der Waals surface area contributed by atoms with Gasteiger partial charge in [-0.3, -0.25) is 14.7 Å². The van der Waals surface area contributed by atoms with E-state index in [1.165, 1.54) is 0 Å². The molecule has 6 nitrogen and oxygen atoms in total. The predicted octanol–water partition coefficient (Wildman–Crippen LogP) is 0.606. The molecule has 0 aromatic carbocycles. The minimum Gasteiger partial charge on any atom is -0.481 e. The van der Waals surface area contributed by atoms with Crippen LogP contribution in [0.5, 0.6) is 0 Å². The molecule has 0 spiro atoms. The molecule has 0 aliphatic heterocycles.